The van der Waals surface area contributed by atoms with Crippen molar-refractivity contribution in [2.45, 2.75) is 4.83 Å². The highest BCUT2D eigenvalue weighted by molar-refractivity contribution is 9.09. The molecule has 0 spiro atoms. The van der Waals surface area contributed by atoms with Crippen molar-refractivity contribution in [1.82, 2.24) is 0 Å². The maximum Gasteiger partial charge on any atom is 0.171 e. The van der Waals surface area contributed by atoms with Crippen LogP contribution in [0.4, 0.5) is 0 Å². The van der Waals surface area contributed by atoms with Gasteiger partial charge in [0.05, 0.1) is 10.5 Å². The number of aldehydes is 1. The zero-order valence-electron chi connectivity index (χ0n) is 6.07. The lowest BCUT2D eigenvalue weighted by Gasteiger charge is -2.06. The average molecular weight is 225 g/mol. The summed E-state index contributed by atoms with van der Waals surface area (Å²) in [6, 6.07) is 0. The summed E-state index contributed by atoms with van der Waals surface area (Å²) in [5, 5.41) is 7.57. The molecular weight excluding hydrogens is 220 g/mol. The van der Waals surface area contributed by atoms with Gasteiger partial charge in [0.25, 0.3) is 0 Å². The van der Waals surface area contributed by atoms with Crippen molar-refractivity contribution in [2.75, 3.05) is 0 Å². The topological polar surface area (TPSA) is 41.8 Å². The fourth-order valence-electron chi connectivity index (χ4n) is 1.13. The summed E-state index contributed by atoms with van der Waals surface area (Å²) < 4.78 is 0. The summed E-state index contributed by atoms with van der Waals surface area (Å²) in [5.74, 6) is 0. The first-order valence-electron chi connectivity index (χ1n) is 3.47. The van der Waals surface area contributed by atoms with Crippen LogP contribution < -0.4 is 0 Å². The predicted molar refractivity (Wildman–Crippen MR) is 50.9 cm³/mol. The molecule has 60 valence electrons. The van der Waals surface area contributed by atoms with Crippen LogP contribution in [0.2, 0.25) is 0 Å². The lowest BCUT2D eigenvalue weighted by atomic mass is 10.0. The summed E-state index contributed by atoms with van der Waals surface area (Å²) in [6.45, 7) is 0. The van der Waals surface area contributed by atoms with E-state index in [2.05, 4.69) is 26.1 Å². The standard InChI is InChI=1S/C8H5BrN2O/c9-5-1-2-7-6(3-5)8(4-12)11-10-7/h1-5H/t5-/m1/s1. The third-order valence-electron chi connectivity index (χ3n) is 1.69. The van der Waals surface area contributed by atoms with Crippen LogP contribution in [0.5, 0.6) is 0 Å². The molecular formula is C8H5BrN2O. The van der Waals surface area contributed by atoms with E-state index in [4.69, 9.17) is 0 Å². The molecule has 1 heterocycles. The maximum atomic E-state index is 10.5. The van der Waals surface area contributed by atoms with Gasteiger partial charge in [0.1, 0.15) is 5.71 Å². The zero-order valence-corrected chi connectivity index (χ0v) is 7.65. The second kappa shape index (κ2) is 2.79. The number of fused-ring (bicyclic) bond motifs is 1. The highest BCUT2D eigenvalue weighted by Gasteiger charge is 2.20. The average Bonchev–Trinajstić information content (AvgIpc) is 2.46. The Morgan fingerprint density at radius 1 is 1.50 bits per heavy atom. The molecule has 2 aliphatic rings. The van der Waals surface area contributed by atoms with E-state index in [1.165, 1.54) is 0 Å². The molecule has 0 saturated carbocycles. The number of allylic oxidation sites excluding steroid dienone is 4. The van der Waals surface area contributed by atoms with Crippen LogP contribution >= 0.6 is 15.9 Å². The SMILES string of the molecule is O=CC1=NN=C2C=C[C@@H](Br)C=C12. The molecule has 0 aromatic rings. The number of alkyl halides is 1. The fraction of sp³-hybridized carbons (Fsp3) is 0.125. The van der Waals surface area contributed by atoms with E-state index in [-0.39, 0.29) is 4.83 Å². The Kier molecular flexibility index (Phi) is 1.77. The van der Waals surface area contributed by atoms with Gasteiger partial charge in [-0.05, 0) is 6.08 Å². The van der Waals surface area contributed by atoms with E-state index in [9.17, 15) is 4.79 Å². The van der Waals surface area contributed by atoms with Crippen molar-refractivity contribution in [3.63, 3.8) is 0 Å². The molecule has 4 heteroatoms. The lowest BCUT2D eigenvalue weighted by Crippen LogP contribution is -2.12. The number of hydrogen-bond donors (Lipinski definition) is 0. The molecule has 0 N–H and O–H groups in total. The molecule has 12 heavy (non-hydrogen) atoms. The van der Waals surface area contributed by atoms with Crippen molar-refractivity contribution in [1.29, 1.82) is 0 Å². The summed E-state index contributed by atoms with van der Waals surface area (Å²) in [6.07, 6.45) is 6.45. The maximum absolute atomic E-state index is 10.5. The summed E-state index contributed by atoms with van der Waals surface area (Å²) in [5.41, 5.74) is 2.01. The second-order valence-electron chi connectivity index (χ2n) is 2.47. The smallest absolute Gasteiger partial charge is 0.171 e. The van der Waals surface area contributed by atoms with E-state index in [1.807, 2.05) is 18.2 Å². The van der Waals surface area contributed by atoms with E-state index < -0.39 is 0 Å². The van der Waals surface area contributed by atoms with Gasteiger partial charge in [-0.3, -0.25) is 4.79 Å². The van der Waals surface area contributed by atoms with Gasteiger partial charge in [-0.25, -0.2) is 0 Å². The fourth-order valence-corrected chi connectivity index (χ4v) is 1.54. The lowest BCUT2D eigenvalue weighted by molar-refractivity contribution is -0.102. The molecule has 0 radical (unpaired) electrons. The van der Waals surface area contributed by atoms with Gasteiger partial charge < -0.3 is 0 Å². The number of nitrogens with zero attached hydrogens (tertiary/aromatic N) is 2. The van der Waals surface area contributed by atoms with Gasteiger partial charge >= 0.3 is 0 Å². The molecule has 1 aliphatic heterocycles. The number of carbonyl (C=O) groups is 1. The minimum absolute atomic E-state index is 0.176. The van der Waals surface area contributed by atoms with Gasteiger partial charge in [0.2, 0.25) is 0 Å². The van der Waals surface area contributed by atoms with Crippen molar-refractivity contribution in [2.24, 2.45) is 10.2 Å². The van der Waals surface area contributed by atoms with Crippen LogP contribution in [0, 0.1) is 0 Å². The Labute approximate surface area is 77.7 Å². The molecule has 0 bridgehead atoms. The summed E-state index contributed by atoms with van der Waals surface area (Å²) in [4.78, 5) is 10.7. The molecule has 0 saturated heterocycles. The first kappa shape index (κ1) is 7.61. The van der Waals surface area contributed by atoms with Gasteiger partial charge in [0, 0.05) is 5.57 Å². The monoisotopic (exact) mass is 224 g/mol. The first-order valence-corrected chi connectivity index (χ1v) is 4.38. The van der Waals surface area contributed by atoms with Crippen LogP contribution in [0.3, 0.4) is 0 Å². The Bertz CT molecular complexity index is 338. The van der Waals surface area contributed by atoms with Crippen molar-refractivity contribution >= 4 is 33.6 Å². The number of hydrogen-bond acceptors (Lipinski definition) is 3. The normalized spacial score (nSPS) is 25.8. The van der Waals surface area contributed by atoms with E-state index >= 15 is 0 Å². The highest BCUT2D eigenvalue weighted by Crippen LogP contribution is 2.19. The largest absolute Gasteiger partial charge is 0.296 e. The van der Waals surface area contributed by atoms with Crippen LogP contribution in [0.25, 0.3) is 0 Å². The number of carbonyl (C=O) groups excluding carboxylic acids is 1. The molecule has 1 aliphatic carbocycles. The predicted octanol–water partition coefficient (Wildman–Crippen LogP) is 1.26. The zero-order chi connectivity index (χ0) is 8.55. The third-order valence-corrected chi connectivity index (χ3v) is 2.26. The highest BCUT2D eigenvalue weighted by atomic mass is 79.9. The third kappa shape index (κ3) is 1.08. The Morgan fingerprint density at radius 3 is 3.08 bits per heavy atom. The molecule has 0 aromatic carbocycles. The van der Waals surface area contributed by atoms with Gasteiger partial charge in [0.15, 0.2) is 6.29 Å². The minimum atomic E-state index is 0.176. The molecule has 3 nitrogen and oxygen atoms in total. The van der Waals surface area contributed by atoms with Crippen LogP contribution in [0.15, 0.2) is 34.0 Å². The minimum Gasteiger partial charge on any atom is -0.296 e. The van der Waals surface area contributed by atoms with Crippen LogP contribution in [-0.2, 0) is 4.79 Å². The van der Waals surface area contributed by atoms with E-state index in [1.54, 1.807) is 0 Å². The quantitative estimate of drug-likeness (QED) is 0.489. The molecule has 0 unspecified atom stereocenters. The van der Waals surface area contributed by atoms with Gasteiger partial charge in [-0.2, -0.15) is 0 Å². The van der Waals surface area contributed by atoms with E-state index in [0.29, 0.717) is 5.71 Å². The molecule has 1 atom stereocenters. The number of rotatable bonds is 1. The van der Waals surface area contributed by atoms with Crippen molar-refractivity contribution in [3.8, 4) is 0 Å². The summed E-state index contributed by atoms with van der Waals surface area (Å²) in [7, 11) is 0. The Hall–Kier alpha value is -1.03. The second-order valence-corrected chi connectivity index (χ2v) is 3.53. The Morgan fingerprint density at radius 2 is 2.33 bits per heavy atom. The summed E-state index contributed by atoms with van der Waals surface area (Å²) >= 11 is 3.39. The Balaban J connectivity index is 2.41. The molecule has 0 aromatic heterocycles. The van der Waals surface area contributed by atoms with Crippen molar-refractivity contribution in [3.05, 3.63) is 23.8 Å². The molecule has 0 fully saturated rings. The van der Waals surface area contributed by atoms with Crippen molar-refractivity contribution < 1.29 is 4.79 Å². The van der Waals surface area contributed by atoms with Crippen LogP contribution in [-0.4, -0.2) is 22.5 Å². The van der Waals surface area contributed by atoms with Gasteiger partial charge in [-0.1, -0.05) is 28.1 Å². The van der Waals surface area contributed by atoms with Crippen LogP contribution in [0.1, 0.15) is 0 Å². The number of halogens is 1. The molecule has 2 rings (SSSR count). The first-order chi connectivity index (χ1) is 5.81. The van der Waals surface area contributed by atoms with Gasteiger partial charge in [-0.15, -0.1) is 10.2 Å². The molecule has 0 amide bonds. The van der Waals surface area contributed by atoms with E-state index in [0.717, 1.165) is 17.6 Å².